The van der Waals surface area contributed by atoms with Crippen molar-refractivity contribution < 1.29 is 0 Å². The molecule has 4 nitrogen and oxygen atoms in total. The first-order valence-electron chi connectivity index (χ1n) is 7.25. The quantitative estimate of drug-likeness (QED) is 0.895. The molecular formula is C15H26N4. The monoisotopic (exact) mass is 262 g/mol. The number of rotatable bonds is 4. The maximum atomic E-state index is 4.54. The van der Waals surface area contributed by atoms with E-state index in [1.54, 1.807) is 0 Å². The summed E-state index contributed by atoms with van der Waals surface area (Å²) in [6.07, 6.45) is 2.01. The lowest BCUT2D eigenvalue weighted by Gasteiger charge is -2.38. The van der Waals surface area contributed by atoms with Crippen LogP contribution in [-0.2, 0) is 6.54 Å². The van der Waals surface area contributed by atoms with Crippen molar-refractivity contribution >= 4 is 5.82 Å². The molecule has 1 saturated heterocycles. The molecule has 1 fully saturated rings. The van der Waals surface area contributed by atoms with E-state index in [1.165, 1.54) is 5.56 Å². The fourth-order valence-electron chi connectivity index (χ4n) is 2.48. The van der Waals surface area contributed by atoms with Gasteiger partial charge in [-0.15, -0.1) is 0 Å². The molecule has 0 saturated carbocycles. The lowest BCUT2D eigenvalue weighted by Crippen LogP contribution is -2.54. The van der Waals surface area contributed by atoms with E-state index in [9.17, 15) is 0 Å². The largest absolute Gasteiger partial charge is 0.360 e. The first-order chi connectivity index (χ1) is 9.11. The molecule has 1 aromatic rings. The Hall–Kier alpha value is -1.13. The number of piperazine rings is 1. The van der Waals surface area contributed by atoms with Crippen molar-refractivity contribution in [2.75, 3.05) is 31.6 Å². The molecule has 19 heavy (non-hydrogen) atoms. The van der Waals surface area contributed by atoms with Crippen molar-refractivity contribution in [2.24, 2.45) is 0 Å². The number of pyridine rings is 1. The first-order valence-corrected chi connectivity index (χ1v) is 7.25. The Bertz CT molecular complexity index is 390. The molecule has 1 N–H and O–H groups in total. The smallest absolute Gasteiger partial charge is 0.128 e. The van der Waals surface area contributed by atoms with E-state index in [2.05, 4.69) is 60.1 Å². The summed E-state index contributed by atoms with van der Waals surface area (Å²) in [6.45, 7) is 10.9. The van der Waals surface area contributed by atoms with Gasteiger partial charge in [0.05, 0.1) is 0 Å². The number of hydrogen-bond acceptors (Lipinski definition) is 4. The summed E-state index contributed by atoms with van der Waals surface area (Å²) < 4.78 is 0. The van der Waals surface area contributed by atoms with Crippen LogP contribution >= 0.6 is 0 Å². The van der Waals surface area contributed by atoms with E-state index in [1.807, 2.05) is 6.20 Å². The van der Waals surface area contributed by atoms with E-state index in [-0.39, 0.29) is 0 Å². The Kier molecular flexibility index (Phi) is 4.77. The molecular weight excluding hydrogens is 236 g/mol. The molecule has 106 valence electrons. The van der Waals surface area contributed by atoms with Crippen LogP contribution in [0.1, 0.15) is 26.3 Å². The highest BCUT2D eigenvalue weighted by atomic mass is 15.2. The molecule has 2 heterocycles. The summed E-state index contributed by atoms with van der Waals surface area (Å²) in [5.41, 5.74) is 1.30. The maximum absolute atomic E-state index is 4.54. The normalized spacial score (nSPS) is 24.4. The van der Waals surface area contributed by atoms with Gasteiger partial charge in [-0.3, -0.25) is 4.90 Å². The van der Waals surface area contributed by atoms with Crippen LogP contribution in [0.15, 0.2) is 18.3 Å². The van der Waals surface area contributed by atoms with Gasteiger partial charge in [-0.05, 0) is 32.4 Å². The van der Waals surface area contributed by atoms with Crippen LogP contribution < -0.4 is 10.2 Å². The van der Waals surface area contributed by atoms with Crippen LogP contribution in [0.5, 0.6) is 0 Å². The van der Waals surface area contributed by atoms with E-state index in [0.717, 1.165) is 32.0 Å². The predicted molar refractivity (Wildman–Crippen MR) is 80.5 cm³/mol. The average Bonchev–Trinajstić information content (AvgIpc) is 2.44. The number of anilines is 1. The van der Waals surface area contributed by atoms with Gasteiger partial charge in [0.15, 0.2) is 0 Å². The molecule has 0 bridgehead atoms. The molecule has 2 unspecified atom stereocenters. The molecule has 4 heteroatoms. The molecule has 0 aromatic carbocycles. The Morgan fingerprint density at radius 1 is 1.42 bits per heavy atom. The number of nitrogens with one attached hydrogen (secondary N) is 1. The summed E-state index contributed by atoms with van der Waals surface area (Å²) in [5.74, 6) is 1.05. The Labute approximate surface area is 116 Å². The second-order valence-corrected chi connectivity index (χ2v) is 5.49. The van der Waals surface area contributed by atoms with E-state index in [4.69, 9.17) is 0 Å². The van der Waals surface area contributed by atoms with E-state index < -0.39 is 0 Å². The van der Waals surface area contributed by atoms with Crippen molar-refractivity contribution in [3.8, 4) is 0 Å². The minimum atomic E-state index is 0.562. The molecule has 1 aliphatic rings. The van der Waals surface area contributed by atoms with Gasteiger partial charge in [0.1, 0.15) is 5.82 Å². The molecule has 0 spiro atoms. The van der Waals surface area contributed by atoms with Crippen molar-refractivity contribution in [3.05, 3.63) is 23.9 Å². The fourth-order valence-corrected chi connectivity index (χ4v) is 2.48. The lowest BCUT2D eigenvalue weighted by atomic mass is 10.1. The molecule has 0 amide bonds. The second kappa shape index (κ2) is 6.35. The van der Waals surface area contributed by atoms with Crippen LogP contribution in [-0.4, -0.2) is 48.6 Å². The zero-order valence-electron chi connectivity index (χ0n) is 12.6. The van der Waals surface area contributed by atoms with Gasteiger partial charge in [-0.2, -0.15) is 0 Å². The Morgan fingerprint density at radius 3 is 2.84 bits per heavy atom. The molecule has 1 aliphatic heterocycles. The minimum absolute atomic E-state index is 0.562. The third-order valence-electron chi connectivity index (χ3n) is 4.23. The number of nitrogens with zero attached hydrogens (tertiary/aromatic N) is 3. The highest BCUT2D eigenvalue weighted by Gasteiger charge is 2.23. The second-order valence-electron chi connectivity index (χ2n) is 5.49. The van der Waals surface area contributed by atoms with Crippen molar-refractivity contribution in [1.29, 1.82) is 0 Å². The number of hydrogen-bond donors (Lipinski definition) is 1. The van der Waals surface area contributed by atoms with Gasteiger partial charge in [0, 0.05) is 51.5 Å². The van der Waals surface area contributed by atoms with Crippen molar-refractivity contribution in [3.63, 3.8) is 0 Å². The summed E-state index contributed by atoms with van der Waals surface area (Å²) in [6, 6.07) is 5.46. The Morgan fingerprint density at radius 2 is 2.21 bits per heavy atom. The zero-order chi connectivity index (χ0) is 13.8. The Balaban J connectivity index is 1.99. The summed E-state index contributed by atoms with van der Waals surface area (Å²) in [4.78, 5) is 9.22. The molecule has 0 aliphatic carbocycles. The van der Waals surface area contributed by atoms with Crippen LogP contribution in [0.25, 0.3) is 0 Å². The minimum Gasteiger partial charge on any atom is -0.360 e. The summed E-state index contributed by atoms with van der Waals surface area (Å²) in [7, 11) is 2.07. The highest BCUT2D eigenvalue weighted by molar-refractivity contribution is 5.37. The van der Waals surface area contributed by atoms with E-state index >= 15 is 0 Å². The van der Waals surface area contributed by atoms with Crippen LogP contribution in [0.2, 0.25) is 0 Å². The van der Waals surface area contributed by atoms with Crippen LogP contribution in [0.3, 0.4) is 0 Å². The van der Waals surface area contributed by atoms with Gasteiger partial charge in [0.2, 0.25) is 0 Å². The highest BCUT2D eigenvalue weighted by Crippen LogP contribution is 2.15. The van der Waals surface area contributed by atoms with Gasteiger partial charge < -0.3 is 10.2 Å². The average molecular weight is 262 g/mol. The van der Waals surface area contributed by atoms with Crippen LogP contribution in [0.4, 0.5) is 5.82 Å². The summed E-state index contributed by atoms with van der Waals surface area (Å²) in [5, 5.41) is 3.52. The molecule has 0 radical (unpaired) electrons. The van der Waals surface area contributed by atoms with Gasteiger partial charge >= 0.3 is 0 Å². The van der Waals surface area contributed by atoms with Crippen molar-refractivity contribution in [2.45, 2.75) is 39.4 Å². The fraction of sp³-hybridized carbons (Fsp3) is 0.667. The van der Waals surface area contributed by atoms with Gasteiger partial charge in [0.25, 0.3) is 0 Å². The third-order valence-corrected chi connectivity index (χ3v) is 4.23. The third kappa shape index (κ3) is 3.45. The zero-order valence-corrected chi connectivity index (χ0v) is 12.6. The topological polar surface area (TPSA) is 31.4 Å². The van der Waals surface area contributed by atoms with Crippen molar-refractivity contribution in [1.82, 2.24) is 15.2 Å². The maximum Gasteiger partial charge on any atom is 0.128 e. The molecule has 2 atom stereocenters. The molecule has 1 aromatic heterocycles. The van der Waals surface area contributed by atoms with Gasteiger partial charge in [-0.1, -0.05) is 6.07 Å². The SMILES string of the molecule is CCN(C)c1ccc(CN2CCNC(C)C2C)cn1. The lowest BCUT2D eigenvalue weighted by molar-refractivity contribution is 0.130. The summed E-state index contributed by atoms with van der Waals surface area (Å²) >= 11 is 0. The molecule has 2 rings (SSSR count). The van der Waals surface area contributed by atoms with Crippen LogP contribution in [0, 0.1) is 0 Å². The van der Waals surface area contributed by atoms with Gasteiger partial charge in [-0.25, -0.2) is 4.98 Å². The first kappa shape index (κ1) is 14.3. The predicted octanol–water partition coefficient (Wildman–Crippen LogP) is 1.72. The van der Waals surface area contributed by atoms with E-state index in [0.29, 0.717) is 12.1 Å². The number of aromatic nitrogens is 1. The standard InChI is InChI=1S/C15H26N4/c1-5-18(4)15-7-6-14(10-17-15)11-19-9-8-16-12(2)13(19)3/h6-7,10,12-13,16H,5,8-9,11H2,1-4H3.